The molecule has 0 fully saturated rings. The Morgan fingerprint density at radius 3 is 2.56 bits per heavy atom. The van der Waals surface area contributed by atoms with Crippen LogP contribution in [0.5, 0.6) is 5.75 Å². The van der Waals surface area contributed by atoms with Crippen LogP contribution in [0.1, 0.15) is 11.5 Å². The van der Waals surface area contributed by atoms with E-state index in [0.717, 1.165) is 5.56 Å². The lowest BCUT2D eigenvalue weighted by Gasteiger charge is -2.17. The SMILES string of the molecule is Cc1oc(-c2ccccc2)nc1CC(=O)N(C)CCOc1ccc(F)cc1. The van der Waals surface area contributed by atoms with Crippen molar-refractivity contribution in [1.82, 2.24) is 9.88 Å². The number of hydrogen-bond acceptors (Lipinski definition) is 4. The summed E-state index contributed by atoms with van der Waals surface area (Å²) in [4.78, 5) is 18.5. The number of aryl methyl sites for hydroxylation is 1. The van der Waals surface area contributed by atoms with Crippen molar-refractivity contribution in [2.45, 2.75) is 13.3 Å². The highest BCUT2D eigenvalue weighted by Gasteiger charge is 2.17. The van der Waals surface area contributed by atoms with Crippen molar-refractivity contribution in [2.75, 3.05) is 20.2 Å². The Labute approximate surface area is 157 Å². The molecule has 0 radical (unpaired) electrons. The van der Waals surface area contributed by atoms with Crippen molar-refractivity contribution in [3.63, 3.8) is 0 Å². The number of nitrogens with zero attached hydrogens (tertiary/aromatic N) is 2. The van der Waals surface area contributed by atoms with Gasteiger partial charge in [0.05, 0.1) is 18.7 Å². The largest absolute Gasteiger partial charge is 0.492 e. The number of rotatable bonds is 7. The van der Waals surface area contributed by atoms with E-state index in [-0.39, 0.29) is 18.1 Å². The number of benzene rings is 2. The molecule has 1 heterocycles. The number of likely N-dealkylation sites (N-methyl/N-ethyl adjacent to an activating group) is 1. The Hall–Kier alpha value is -3.15. The molecule has 0 saturated heterocycles. The summed E-state index contributed by atoms with van der Waals surface area (Å²) in [5.41, 5.74) is 1.51. The van der Waals surface area contributed by atoms with Crippen LogP contribution >= 0.6 is 0 Å². The summed E-state index contributed by atoms with van der Waals surface area (Å²) in [7, 11) is 1.71. The van der Waals surface area contributed by atoms with Gasteiger partial charge in [0.25, 0.3) is 0 Å². The zero-order valence-electron chi connectivity index (χ0n) is 15.3. The van der Waals surface area contributed by atoms with Gasteiger partial charge < -0.3 is 14.1 Å². The molecule has 0 atom stereocenters. The Kier molecular flexibility index (Phi) is 5.86. The number of ether oxygens (including phenoxy) is 1. The van der Waals surface area contributed by atoms with Gasteiger partial charge in [-0.25, -0.2) is 9.37 Å². The molecule has 0 aliphatic heterocycles. The predicted molar refractivity (Wildman–Crippen MR) is 99.9 cm³/mol. The zero-order chi connectivity index (χ0) is 19.2. The number of halogens is 1. The molecule has 1 aromatic heterocycles. The summed E-state index contributed by atoms with van der Waals surface area (Å²) in [6.07, 6.45) is 0.162. The molecule has 0 unspecified atom stereocenters. The average Bonchev–Trinajstić information content (AvgIpc) is 3.04. The molecule has 0 bridgehead atoms. The Balaban J connectivity index is 1.53. The van der Waals surface area contributed by atoms with Crippen LogP contribution < -0.4 is 4.74 Å². The maximum Gasteiger partial charge on any atom is 0.228 e. The van der Waals surface area contributed by atoms with Gasteiger partial charge in [-0.05, 0) is 43.3 Å². The third kappa shape index (κ3) is 4.94. The van der Waals surface area contributed by atoms with Crippen LogP contribution in [0.3, 0.4) is 0 Å². The smallest absolute Gasteiger partial charge is 0.228 e. The molecule has 0 aliphatic rings. The number of carbonyl (C=O) groups excluding carboxylic acids is 1. The van der Waals surface area contributed by atoms with Crippen LogP contribution in [0.4, 0.5) is 4.39 Å². The van der Waals surface area contributed by atoms with Gasteiger partial charge in [0.15, 0.2) is 0 Å². The summed E-state index contributed by atoms with van der Waals surface area (Å²) in [6.45, 7) is 2.54. The Bertz CT molecular complexity index is 892. The van der Waals surface area contributed by atoms with Crippen LogP contribution in [0.15, 0.2) is 59.0 Å². The number of amides is 1. The lowest BCUT2D eigenvalue weighted by atomic mass is 10.2. The standard InChI is InChI=1S/C21H21FN2O3/c1-15-19(23-21(27-15)16-6-4-3-5-7-16)14-20(25)24(2)12-13-26-18-10-8-17(22)9-11-18/h3-11H,12-14H2,1-2H3. The van der Waals surface area contributed by atoms with Gasteiger partial charge in [0, 0.05) is 12.6 Å². The first-order chi connectivity index (χ1) is 13.0. The predicted octanol–water partition coefficient (Wildman–Crippen LogP) is 3.87. The van der Waals surface area contributed by atoms with E-state index in [1.54, 1.807) is 31.0 Å². The molecule has 5 nitrogen and oxygen atoms in total. The van der Waals surface area contributed by atoms with Crippen LogP contribution in [0.2, 0.25) is 0 Å². The molecular weight excluding hydrogens is 347 g/mol. The van der Waals surface area contributed by atoms with E-state index in [9.17, 15) is 9.18 Å². The zero-order valence-corrected chi connectivity index (χ0v) is 15.3. The molecule has 2 aromatic carbocycles. The normalized spacial score (nSPS) is 10.6. The molecular formula is C21H21FN2O3. The van der Waals surface area contributed by atoms with E-state index < -0.39 is 0 Å². The van der Waals surface area contributed by atoms with E-state index in [1.165, 1.54) is 12.1 Å². The van der Waals surface area contributed by atoms with Gasteiger partial charge in [0.1, 0.15) is 23.9 Å². The van der Waals surface area contributed by atoms with Gasteiger partial charge in [-0.2, -0.15) is 0 Å². The lowest BCUT2D eigenvalue weighted by molar-refractivity contribution is -0.129. The molecule has 6 heteroatoms. The van der Waals surface area contributed by atoms with Gasteiger partial charge in [-0.15, -0.1) is 0 Å². The minimum Gasteiger partial charge on any atom is -0.492 e. The second-order valence-corrected chi connectivity index (χ2v) is 6.18. The maximum absolute atomic E-state index is 12.9. The van der Waals surface area contributed by atoms with Crippen molar-refractivity contribution in [2.24, 2.45) is 0 Å². The molecule has 1 amide bonds. The fraction of sp³-hybridized carbons (Fsp3) is 0.238. The van der Waals surface area contributed by atoms with Crippen LogP contribution in [-0.2, 0) is 11.2 Å². The summed E-state index contributed by atoms with van der Waals surface area (Å²) in [5, 5.41) is 0. The first-order valence-corrected chi connectivity index (χ1v) is 8.67. The fourth-order valence-electron chi connectivity index (χ4n) is 2.53. The first kappa shape index (κ1) is 18.6. The van der Waals surface area contributed by atoms with Crippen LogP contribution in [-0.4, -0.2) is 36.0 Å². The van der Waals surface area contributed by atoms with Crippen molar-refractivity contribution in [3.8, 4) is 17.2 Å². The summed E-state index contributed by atoms with van der Waals surface area (Å²) >= 11 is 0. The Morgan fingerprint density at radius 1 is 1.15 bits per heavy atom. The minimum atomic E-state index is -0.313. The summed E-state index contributed by atoms with van der Waals surface area (Å²) in [6, 6.07) is 15.4. The maximum atomic E-state index is 12.9. The first-order valence-electron chi connectivity index (χ1n) is 8.67. The molecule has 27 heavy (non-hydrogen) atoms. The van der Waals surface area contributed by atoms with E-state index in [4.69, 9.17) is 9.15 Å². The van der Waals surface area contributed by atoms with E-state index in [2.05, 4.69) is 4.98 Å². The highest BCUT2D eigenvalue weighted by atomic mass is 19.1. The highest BCUT2D eigenvalue weighted by molar-refractivity contribution is 5.78. The molecule has 0 N–H and O–H groups in total. The van der Waals surface area contributed by atoms with Gasteiger partial charge in [-0.1, -0.05) is 18.2 Å². The fourth-order valence-corrected chi connectivity index (χ4v) is 2.53. The van der Waals surface area contributed by atoms with E-state index >= 15 is 0 Å². The molecule has 140 valence electrons. The molecule has 0 aliphatic carbocycles. The summed E-state index contributed by atoms with van der Waals surface area (Å²) in [5.74, 6) is 1.33. The van der Waals surface area contributed by atoms with Gasteiger partial charge in [0.2, 0.25) is 11.8 Å². The lowest BCUT2D eigenvalue weighted by Crippen LogP contribution is -2.32. The second-order valence-electron chi connectivity index (χ2n) is 6.18. The number of oxazole rings is 1. The Morgan fingerprint density at radius 2 is 1.85 bits per heavy atom. The average molecular weight is 368 g/mol. The third-order valence-electron chi connectivity index (χ3n) is 4.17. The molecule has 0 spiro atoms. The van der Waals surface area contributed by atoms with Gasteiger partial charge in [-0.3, -0.25) is 4.79 Å². The minimum absolute atomic E-state index is 0.0753. The number of aromatic nitrogens is 1. The van der Waals surface area contributed by atoms with Crippen molar-refractivity contribution in [3.05, 3.63) is 71.9 Å². The quantitative estimate of drug-likeness (QED) is 0.635. The monoisotopic (exact) mass is 368 g/mol. The van der Waals surface area contributed by atoms with E-state index in [0.29, 0.717) is 36.2 Å². The van der Waals surface area contributed by atoms with E-state index in [1.807, 2.05) is 30.3 Å². The number of hydrogen-bond donors (Lipinski definition) is 0. The molecule has 3 rings (SSSR count). The van der Waals surface area contributed by atoms with Gasteiger partial charge >= 0.3 is 0 Å². The van der Waals surface area contributed by atoms with Crippen molar-refractivity contribution in [1.29, 1.82) is 0 Å². The molecule has 0 saturated carbocycles. The third-order valence-corrected chi connectivity index (χ3v) is 4.17. The second kappa shape index (κ2) is 8.49. The van der Waals surface area contributed by atoms with Crippen molar-refractivity contribution >= 4 is 5.91 Å². The highest BCUT2D eigenvalue weighted by Crippen LogP contribution is 2.21. The molecule has 3 aromatic rings. The summed E-state index contributed by atoms with van der Waals surface area (Å²) < 4.78 is 24.1. The van der Waals surface area contributed by atoms with Crippen molar-refractivity contribution < 1.29 is 18.3 Å². The van der Waals surface area contributed by atoms with Crippen LogP contribution in [0.25, 0.3) is 11.5 Å². The van der Waals surface area contributed by atoms with Crippen LogP contribution in [0, 0.1) is 12.7 Å². The topological polar surface area (TPSA) is 55.6 Å². The number of carbonyl (C=O) groups is 1.